The first-order chi connectivity index (χ1) is 9.06. The molecule has 1 fully saturated rings. The average Bonchev–Trinajstić information content (AvgIpc) is 2.40. The molecule has 1 aromatic carbocycles. The van der Waals surface area contributed by atoms with Crippen LogP contribution in [0.2, 0.25) is 0 Å². The monoisotopic (exact) mass is 373 g/mol. The van der Waals surface area contributed by atoms with Gasteiger partial charge in [-0.15, -0.1) is 0 Å². The van der Waals surface area contributed by atoms with Gasteiger partial charge in [0.05, 0.1) is 0 Å². The Kier molecular flexibility index (Phi) is 5.62. The van der Waals surface area contributed by atoms with Crippen LogP contribution in [0.4, 0.5) is 0 Å². The number of halogens is 1. The number of hydrogen-bond acceptors (Lipinski definition) is 3. The molecule has 0 aromatic heterocycles. The van der Waals surface area contributed by atoms with Gasteiger partial charge >= 0.3 is 0 Å². The van der Waals surface area contributed by atoms with E-state index in [0.29, 0.717) is 12.1 Å². The van der Waals surface area contributed by atoms with Crippen molar-refractivity contribution in [3.63, 3.8) is 0 Å². The van der Waals surface area contributed by atoms with Gasteiger partial charge in [-0.05, 0) is 61.3 Å². The third kappa shape index (κ3) is 4.41. The highest BCUT2D eigenvalue weighted by Gasteiger charge is 2.22. The molecule has 1 aliphatic heterocycles. The Bertz CT molecular complexity index is 393. The Morgan fingerprint density at radius 2 is 1.95 bits per heavy atom. The van der Waals surface area contributed by atoms with E-state index in [-0.39, 0.29) is 0 Å². The summed E-state index contributed by atoms with van der Waals surface area (Å²) >= 11 is 2.35. The van der Waals surface area contributed by atoms with E-state index in [1.54, 1.807) is 0 Å². The Morgan fingerprint density at radius 3 is 2.63 bits per heavy atom. The van der Waals surface area contributed by atoms with Gasteiger partial charge in [0, 0.05) is 41.8 Å². The van der Waals surface area contributed by atoms with Gasteiger partial charge in [-0.3, -0.25) is 4.90 Å². The molecule has 1 aliphatic rings. The molecule has 2 atom stereocenters. The minimum atomic E-state index is 0.414. The van der Waals surface area contributed by atoms with Crippen molar-refractivity contribution in [2.45, 2.75) is 19.0 Å². The van der Waals surface area contributed by atoms with Crippen LogP contribution in [0.1, 0.15) is 18.5 Å². The van der Waals surface area contributed by atoms with Crippen LogP contribution < -0.4 is 5.32 Å². The van der Waals surface area contributed by atoms with Crippen molar-refractivity contribution in [2.24, 2.45) is 0 Å². The van der Waals surface area contributed by atoms with Gasteiger partial charge in [-0.2, -0.15) is 0 Å². The second-order valence-electron chi connectivity index (χ2n) is 5.58. The number of likely N-dealkylation sites (N-methyl/N-ethyl adjacent to an activating group) is 2. The van der Waals surface area contributed by atoms with Crippen molar-refractivity contribution < 1.29 is 0 Å². The number of hydrogen-bond donors (Lipinski definition) is 1. The molecule has 0 spiro atoms. The molecule has 0 radical (unpaired) electrons. The summed E-state index contributed by atoms with van der Waals surface area (Å²) in [5.74, 6) is 0. The van der Waals surface area contributed by atoms with Crippen LogP contribution in [0.25, 0.3) is 0 Å². The van der Waals surface area contributed by atoms with Crippen molar-refractivity contribution in [1.29, 1.82) is 0 Å². The maximum atomic E-state index is 3.67. The predicted molar refractivity (Wildman–Crippen MR) is 89.5 cm³/mol. The Hall–Kier alpha value is -0.170. The van der Waals surface area contributed by atoms with Crippen molar-refractivity contribution in [3.8, 4) is 0 Å². The maximum Gasteiger partial charge on any atom is 0.0345 e. The highest BCUT2D eigenvalue weighted by molar-refractivity contribution is 14.1. The highest BCUT2D eigenvalue weighted by atomic mass is 127. The molecule has 2 unspecified atom stereocenters. The van der Waals surface area contributed by atoms with E-state index in [1.807, 2.05) is 0 Å². The summed E-state index contributed by atoms with van der Waals surface area (Å²) in [6.07, 6.45) is 0. The van der Waals surface area contributed by atoms with Gasteiger partial charge in [0.2, 0.25) is 0 Å². The first kappa shape index (κ1) is 15.2. The van der Waals surface area contributed by atoms with Crippen LogP contribution in [0.5, 0.6) is 0 Å². The molecule has 0 aliphatic carbocycles. The van der Waals surface area contributed by atoms with E-state index >= 15 is 0 Å². The lowest BCUT2D eigenvalue weighted by Crippen LogP contribution is -2.53. The summed E-state index contributed by atoms with van der Waals surface area (Å²) in [6, 6.07) is 9.82. The summed E-state index contributed by atoms with van der Waals surface area (Å²) in [6.45, 7) is 6.80. The molecule has 0 bridgehead atoms. The third-order valence-corrected chi connectivity index (χ3v) is 4.73. The summed E-state index contributed by atoms with van der Waals surface area (Å²) in [5, 5.41) is 3.67. The zero-order valence-electron chi connectivity index (χ0n) is 12.1. The van der Waals surface area contributed by atoms with Crippen molar-refractivity contribution in [1.82, 2.24) is 15.1 Å². The normalized spacial score (nSPS) is 23.5. The fourth-order valence-electron chi connectivity index (χ4n) is 2.50. The van der Waals surface area contributed by atoms with E-state index in [0.717, 1.165) is 13.1 Å². The number of benzene rings is 1. The second-order valence-corrected chi connectivity index (χ2v) is 6.82. The van der Waals surface area contributed by atoms with Crippen molar-refractivity contribution in [2.75, 3.05) is 40.3 Å². The topological polar surface area (TPSA) is 18.5 Å². The predicted octanol–water partition coefficient (Wildman–Crippen LogP) is 2.19. The van der Waals surface area contributed by atoms with Gasteiger partial charge in [-0.1, -0.05) is 12.1 Å². The molecular weight excluding hydrogens is 349 g/mol. The average molecular weight is 373 g/mol. The molecule has 1 aromatic rings. The van der Waals surface area contributed by atoms with Gasteiger partial charge in [-0.25, -0.2) is 0 Å². The largest absolute Gasteiger partial charge is 0.309 e. The zero-order chi connectivity index (χ0) is 13.8. The molecule has 19 heavy (non-hydrogen) atoms. The quantitative estimate of drug-likeness (QED) is 0.817. The van der Waals surface area contributed by atoms with E-state index < -0.39 is 0 Å². The van der Waals surface area contributed by atoms with Gasteiger partial charge < -0.3 is 10.2 Å². The highest BCUT2D eigenvalue weighted by Crippen LogP contribution is 2.15. The standard InChI is InChI=1S/C15H24IN3/c1-12(13-4-6-14(16)7-5-13)17-10-15-11-18(2)8-9-19(15)3/h4-7,12,15,17H,8-11H2,1-3H3. The number of nitrogens with one attached hydrogen (secondary N) is 1. The van der Waals surface area contributed by atoms with E-state index in [4.69, 9.17) is 0 Å². The molecule has 1 saturated heterocycles. The zero-order valence-corrected chi connectivity index (χ0v) is 14.2. The smallest absolute Gasteiger partial charge is 0.0345 e. The van der Waals surface area contributed by atoms with Crippen LogP contribution in [-0.4, -0.2) is 56.1 Å². The van der Waals surface area contributed by atoms with Crippen molar-refractivity contribution in [3.05, 3.63) is 33.4 Å². The lowest BCUT2D eigenvalue weighted by atomic mass is 10.1. The van der Waals surface area contributed by atoms with E-state index in [1.165, 1.54) is 22.2 Å². The number of rotatable bonds is 4. The first-order valence-electron chi connectivity index (χ1n) is 6.94. The van der Waals surface area contributed by atoms with Gasteiger partial charge in [0.1, 0.15) is 0 Å². The molecule has 3 nitrogen and oxygen atoms in total. The summed E-state index contributed by atoms with van der Waals surface area (Å²) in [7, 11) is 4.44. The maximum absolute atomic E-state index is 3.67. The Morgan fingerprint density at radius 1 is 1.26 bits per heavy atom. The molecule has 0 saturated carbocycles. The molecule has 1 heterocycles. The van der Waals surface area contributed by atoms with Crippen LogP contribution in [0.15, 0.2) is 24.3 Å². The first-order valence-corrected chi connectivity index (χ1v) is 8.02. The third-order valence-electron chi connectivity index (χ3n) is 4.01. The minimum Gasteiger partial charge on any atom is -0.309 e. The lowest BCUT2D eigenvalue weighted by molar-refractivity contribution is 0.112. The van der Waals surface area contributed by atoms with Gasteiger partial charge in [0.25, 0.3) is 0 Å². The van der Waals surface area contributed by atoms with Crippen LogP contribution in [-0.2, 0) is 0 Å². The van der Waals surface area contributed by atoms with E-state index in [2.05, 4.69) is 83.0 Å². The molecule has 1 N–H and O–H groups in total. The van der Waals surface area contributed by atoms with Crippen molar-refractivity contribution >= 4 is 22.6 Å². The molecule has 106 valence electrons. The molecule has 4 heteroatoms. The molecule has 2 rings (SSSR count). The molecule has 0 amide bonds. The van der Waals surface area contributed by atoms with Gasteiger partial charge in [0.15, 0.2) is 0 Å². The van der Waals surface area contributed by atoms with Crippen LogP contribution in [0, 0.1) is 3.57 Å². The fraction of sp³-hybridized carbons (Fsp3) is 0.600. The lowest BCUT2D eigenvalue weighted by Gasteiger charge is -2.38. The minimum absolute atomic E-state index is 0.414. The fourth-order valence-corrected chi connectivity index (χ4v) is 2.86. The summed E-state index contributed by atoms with van der Waals surface area (Å²) in [4.78, 5) is 4.88. The summed E-state index contributed by atoms with van der Waals surface area (Å²) < 4.78 is 1.29. The number of piperazine rings is 1. The number of nitrogens with zero attached hydrogens (tertiary/aromatic N) is 2. The van der Waals surface area contributed by atoms with Crippen LogP contribution >= 0.6 is 22.6 Å². The van der Waals surface area contributed by atoms with Crippen LogP contribution in [0.3, 0.4) is 0 Å². The summed E-state index contributed by atoms with van der Waals surface area (Å²) in [5.41, 5.74) is 1.37. The Balaban J connectivity index is 1.85. The second kappa shape index (κ2) is 7.02. The Labute approximate surface area is 130 Å². The van der Waals surface area contributed by atoms with E-state index in [9.17, 15) is 0 Å². The SMILES string of the molecule is CC(NCC1CN(C)CCN1C)c1ccc(I)cc1. The molecular formula is C15H24IN3.